The van der Waals surface area contributed by atoms with Crippen LogP contribution >= 0.6 is 27.7 Å². The Morgan fingerprint density at radius 2 is 2.19 bits per heavy atom. The van der Waals surface area contributed by atoms with Gasteiger partial charge >= 0.3 is 0 Å². The number of thioether (sulfide) groups is 1. The third-order valence-electron chi connectivity index (χ3n) is 2.64. The predicted octanol–water partition coefficient (Wildman–Crippen LogP) is 3.34. The van der Waals surface area contributed by atoms with Crippen LogP contribution < -0.4 is 10.0 Å². The molecule has 0 spiro atoms. The van der Waals surface area contributed by atoms with Gasteiger partial charge in [0, 0.05) is 16.6 Å². The monoisotopic (exact) mass is 370 g/mol. The highest BCUT2D eigenvalue weighted by Crippen LogP contribution is 2.23. The molecule has 1 aromatic carbocycles. The van der Waals surface area contributed by atoms with Crippen molar-refractivity contribution in [2.45, 2.75) is 17.2 Å². The van der Waals surface area contributed by atoms with Gasteiger partial charge in [0.2, 0.25) is 5.91 Å². The van der Waals surface area contributed by atoms with Crippen LogP contribution in [0.25, 0.3) is 0 Å². The minimum absolute atomic E-state index is 0.110. The lowest BCUT2D eigenvalue weighted by molar-refractivity contribution is -0.645. The van der Waals surface area contributed by atoms with Crippen LogP contribution in [-0.2, 0) is 4.79 Å². The molecule has 1 amide bonds. The molecule has 21 heavy (non-hydrogen) atoms. The molecule has 0 saturated heterocycles. The minimum atomic E-state index is -0.532. The summed E-state index contributed by atoms with van der Waals surface area (Å²) in [4.78, 5) is 12.0. The Kier molecular flexibility index (Phi) is 5.19. The molecule has 1 N–H and O–H groups in total. The van der Waals surface area contributed by atoms with Gasteiger partial charge in [0.25, 0.3) is 5.03 Å². The first kappa shape index (κ1) is 15.8. The molecule has 7 heteroatoms. The molecule has 1 aromatic heterocycles. The third-order valence-corrected chi connectivity index (χ3v) is 4.26. The Morgan fingerprint density at radius 1 is 1.43 bits per heavy atom. The van der Waals surface area contributed by atoms with Crippen LogP contribution in [0.1, 0.15) is 6.92 Å². The summed E-state index contributed by atoms with van der Waals surface area (Å²) in [7, 11) is 0. The summed E-state index contributed by atoms with van der Waals surface area (Å²) >= 11 is 4.26. The van der Waals surface area contributed by atoms with Crippen LogP contribution in [0.3, 0.4) is 0 Å². The van der Waals surface area contributed by atoms with Gasteiger partial charge in [-0.05, 0) is 43.0 Å². The first-order valence-electron chi connectivity index (χ1n) is 6.08. The van der Waals surface area contributed by atoms with Gasteiger partial charge in [-0.1, -0.05) is 15.9 Å². The van der Waals surface area contributed by atoms with E-state index >= 15 is 0 Å². The van der Waals surface area contributed by atoms with E-state index in [0.717, 1.165) is 11.8 Å². The molecule has 4 nitrogen and oxygen atoms in total. The summed E-state index contributed by atoms with van der Waals surface area (Å²) in [5.74, 6) is -0.890. The number of pyridine rings is 1. The topological polar surface area (TPSA) is 56.0 Å². The summed E-state index contributed by atoms with van der Waals surface area (Å²) < 4.78 is 14.9. The van der Waals surface area contributed by atoms with Crippen molar-refractivity contribution in [3.8, 4) is 0 Å². The number of nitrogens with zero attached hydrogens (tertiary/aromatic N) is 1. The molecule has 0 bridgehead atoms. The quantitative estimate of drug-likeness (QED) is 0.510. The molecule has 2 aromatic rings. The number of carbonyl (C=O) groups is 1. The summed E-state index contributed by atoms with van der Waals surface area (Å²) in [6, 6.07) is 9.34. The Balaban J connectivity index is 2.04. The highest BCUT2D eigenvalue weighted by molar-refractivity contribution is 9.10. The molecule has 2 rings (SSSR count). The molecular weight excluding hydrogens is 359 g/mol. The maximum absolute atomic E-state index is 13.7. The Bertz CT molecular complexity index is 669. The van der Waals surface area contributed by atoms with Crippen molar-refractivity contribution in [2.75, 3.05) is 5.32 Å². The zero-order valence-corrected chi connectivity index (χ0v) is 13.4. The Labute approximate surface area is 134 Å². The largest absolute Gasteiger partial charge is 0.618 e. The first-order valence-corrected chi connectivity index (χ1v) is 7.75. The average molecular weight is 371 g/mol. The van der Waals surface area contributed by atoms with Crippen molar-refractivity contribution in [3.05, 3.63) is 58.1 Å². The van der Waals surface area contributed by atoms with Gasteiger partial charge in [-0.25, -0.2) is 4.39 Å². The van der Waals surface area contributed by atoms with Crippen molar-refractivity contribution in [3.63, 3.8) is 0 Å². The van der Waals surface area contributed by atoms with E-state index in [0.29, 0.717) is 14.2 Å². The molecule has 0 aliphatic rings. The molecule has 1 heterocycles. The van der Waals surface area contributed by atoms with E-state index < -0.39 is 11.1 Å². The van der Waals surface area contributed by atoms with Gasteiger partial charge in [-0.2, -0.15) is 4.73 Å². The number of amides is 1. The van der Waals surface area contributed by atoms with Crippen molar-refractivity contribution in [2.24, 2.45) is 0 Å². The van der Waals surface area contributed by atoms with Gasteiger partial charge in [-0.3, -0.25) is 4.79 Å². The zero-order valence-electron chi connectivity index (χ0n) is 11.0. The summed E-state index contributed by atoms with van der Waals surface area (Å²) in [6.07, 6.45) is 1.36. The molecule has 0 saturated carbocycles. The van der Waals surface area contributed by atoms with Gasteiger partial charge < -0.3 is 10.5 Å². The number of benzene rings is 1. The first-order chi connectivity index (χ1) is 9.97. The van der Waals surface area contributed by atoms with Crippen LogP contribution in [0, 0.1) is 11.0 Å². The SMILES string of the molecule is CC(Sc1cccc[n+]1[O-])C(=O)Nc1ccc(Br)cc1F. The molecule has 1 atom stereocenters. The molecule has 0 aliphatic carbocycles. The molecular formula is C14H12BrFN2O2S. The van der Waals surface area contributed by atoms with Crippen molar-refractivity contribution < 1.29 is 13.9 Å². The fourth-order valence-electron chi connectivity index (χ4n) is 1.56. The van der Waals surface area contributed by atoms with E-state index in [-0.39, 0.29) is 11.6 Å². The lowest BCUT2D eigenvalue weighted by Crippen LogP contribution is -2.30. The van der Waals surface area contributed by atoms with Gasteiger partial charge in [0.05, 0.1) is 10.9 Å². The molecule has 0 radical (unpaired) electrons. The maximum Gasteiger partial charge on any atom is 0.252 e. The molecule has 0 fully saturated rings. The summed E-state index contributed by atoms with van der Waals surface area (Å²) in [5.41, 5.74) is 0.110. The lowest BCUT2D eigenvalue weighted by Gasteiger charge is -2.12. The normalized spacial score (nSPS) is 12.0. The van der Waals surface area contributed by atoms with Gasteiger partial charge in [0.15, 0.2) is 6.20 Å². The number of anilines is 1. The molecule has 1 unspecified atom stereocenters. The second-order valence-corrected chi connectivity index (χ2v) is 6.51. The number of hydrogen-bond acceptors (Lipinski definition) is 3. The lowest BCUT2D eigenvalue weighted by atomic mass is 10.3. The van der Waals surface area contributed by atoms with Crippen LogP contribution in [0.5, 0.6) is 0 Å². The zero-order chi connectivity index (χ0) is 15.4. The fourth-order valence-corrected chi connectivity index (χ4v) is 2.75. The predicted molar refractivity (Wildman–Crippen MR) is 83.5 cm³/mol. The highest BCUT2D eigenvalue weighted by atomic mass is 79.9. The third kappa shape index (κ3) is 4.18. The Morgan fingerprint density at radius 3 is 2.86 bits per heavy atom. The fraction of sp³-hybridized carbons (Fsp3) is 0.143. The summed E-state index contributed by atoms with van der Waals surface area (Å²) in [5, 5.41) is 13.9. The number of carbonyl (C=O) groups excluding carboxylic acids is 1. The number of aromatic nitrogens is 1. The Hall–Kier alpha value is -1.60. The van der Waals surface area contributed by atoms with Crippen molar-refractivity contribution in [1.29, 1.82) is 0 Å². The second-order valence-electron chi connectivity index (χ2n) is 4.24. The van der Waals surface area contributed by atoms with E-state index in [4.69, 9.17) is 0 Å². The summed E-state index contributed by atoms with van der Waals surface area (Å²) in [6.45, 7) is 1.66. The van der Waals surface area contributed by atoms with E-state index in [1.165, 1.54) is 18.3 Å². The highest BCUT2D eigenvalue weighted by Gasteiger charge is 2.19. The van der Waals surface area contributed by atoms with Crippen LogP contribution in [-0.4, -0.2) is 11.2 Å². The standard InChI is InChI=1S/C14H12BrFN2O2S/c1-9(21-13-4-2-3-7-18(13)20)14(19)17-12-6-5-10(15)8-11(12)16/h2-9H,1H3,(H,17,19). The smallest absolute Gasteiger partial charge is 0.252 e. The van der Waals surface area contributed by atoms with Crippen molar-refractivity contribution >= 4 is 39.3 Å². The number of rotatable bonds is 4. The second kappa shape index (κ2) is 6.91. The van der Waals surface area contributed by atoms with Gasteiger partial charge in [-0.15, -0.1) is 0 Å². The van der Waals surface area contributed by atoms with E-state index in [2.05, 4.69) is 21.2 Å². The van der Waals surface area contributed by atoms with E-state index in [9.17, 15) is 14.4 Å². The molecule has 0 aliphatic heterocycles. The number of hydrogen-bond donors (Lipinski definition) is 1. The average Bonchev–Trinajstić information content (AvgIpc) is 2.44. The number of nitrogens with one attached hydrogen (secondary N) is 1. The van der Waals surface area contributed by atoms with Crippen molar-refractivity contribution in [1.82, 2.24) is 0 Å². The van der Waals surface area contributed by atoms with Crippen LogP contribution in [0.4, 0.5) is 10.1 Å². The minimum Gasteiger partial charge on any atom is -0.618 e. The van der Waals surface area contributed by atoms with Crippen LogP contribution in [0.2, 0.25) is 0 Å². The van der Waals surface area contributed by atoms with Crippen LogP contribution in [0.15, 0.2) is 52.1 Å². The molecule has 110 valence electrons. The van der Waals surface area contributed by atoms with E-state index in [1.807, 2.05) is 0 Å². The maximum atomic E-state index is 13.7. The number of halogens is 2. The van der Waals surface area contributed by atoms with E-state index in [1.54, 1.807) is 31.2 Å². The van der Waals surface area contributed by atoms with Gasteiger partial charge in [0.1, 0.15) is 5.82 Å².